The molecule has 1 aromatic carbocycles. The van der Waals surface area contributed by atoms with Gasteiger partial charge in [0.05, 0.1) is 16.7 Å². The number of benzene rings is 1. The van der Waals surface area contributed by atoms with Crippen molar-refractivity contribution in [3.8, 4) is 11.5 Å². The number of aromatic carboxylic acids is 1. The zero-order valence-corrected chi connectivity index (χ0v) is 11.4. The molecule has 0 aliphatic carbocycles. The molecule has 0 saturated carbocycles. The normalized spacial score (nSPS) is 10.2. The van der Waals surface area contributed by atoms with E-state index in [2.05, 4.69) is 4.98 Å². The Morgan fingerprint density at radius 2 is 1.95 bits per heavy atom. The lowest BCUT2D eigenvalue weighted by Gasteiger charge is -2.10. The van der Waals surface area contributed by atoms with E-state index in [1.54, 1.807) is 19.9 Å². The second-order valence-corrected chi connectivity index (χ2v) is 4.48. The first-order valence-corrected chi connectivity index (χ1v) is 6.00. The van der Waals surface area contributed by atoms with E-state index in [-0.39, 0.29) is 17.0 Å². The monoisotopic (exact) mass is 288 g/mol. The van der Waals surface area contributed by atoms with Gasteiger partial charge in [0.15, 0.2) is 0 Å². The van der Waals surface area contributed by atoms with E-state index in [0.717, 1.165) is 0 Å². The number of hydrogen-bond donors (Lipinski definition) is 1. The Hall–Kier alpha value is -2.96. The fraction of sp³-hybridized carbons (Fsp3) is 0.143. The molecule has 0 saturated heterocycles. The SMILES string of the molecule is Cc1cc([N+](=O)[O-])c(C)cc1Oc1cncc(C(=O)O)c1. The van der Waals surface area contributed by atoms with Gasteiger partial charge in [-0.1, -0.05) is 0 Å². The Bertz CT molecular complexity index is 727. The minimum Gasteiger partial charge on any atom is -0.478 e. The molecule has 0 atom stereocenters. The van der Waals surface area contributed by atoms with E-state index in [0.29, 0.717) is 16.9 Å². The number of ether oxygens (including phenoxy) is 1. The van der Waals surface area contributed by atoms with Gasteiger partial charge >= 0.3 is 5.97 Å². The van der Waals surface area contributed by atoms with Crippen LogP contribution in [0.2, 0.25) is 0 Å². The predicted molar refractivity (Wildman–Crippen MR) is 73.8 cm³/mol. The average molecular weight is 288 g/mol. The van der Waals surface area contributed by atoms with Gasteiger partial charge in [-0.3, -0.25) is 15.1 Å². The number of nitro benzene ring substituents is 1. The van der Waals surface area contributed by atoms with Crippen LogP contribution in [-0.2, 0) is 0 Å². The van der Waals surface area contributed by atoms with E-state index < -0.39 is 10.9 Å². The van der Waals surface area contributed by atoms with Gasteiger partial charge in [-0.05, 0) is 31.5 Å². The first-order chi connectivity index (χ1) is 9.88. The van der Waals surface area contributed by atoms with Crippen molar-refractivity contribution in [3.63, 3.8) is 0 Å². The molecule has 7 heteroatoms. The molecule has 1 N–H and O–H groups in total. The largest absolute Gasteiger partial charge is 0.478 e. The number of pyridine rings is 1. The molecule has 0 spiro atoms. The van der Waals surface area contributed by atoms with Gasteiger partial charge in [-0.2, -0.15) is 0 Å². The highest BCUT2D eigenvalue weighted by atomic mass is 16.6. The van der Waals surface area contributed by atoms with E-state index >= 15 is 0 Å². The van der Waals surface area contributed by atoms with Gasteiger partial charge in [0.1, 0.15) is 11.5 Å². The van der Waals surface area contributed by atoms with Crippen LogP contribution in [0.3, 0.4) is 0 Å². The summed E-state index contributed by atoms with van der Waals surface area (Å²) >= 11 is 0. The lowest BCUT2D eigenvalue weighted by molar-refractivity contribution is -0.385. The molecule has 1 aromatic heterocycles. The molecule has 0 unspecified atom stereocenters. The summed E-state index contributed by atoms with van der Waals surface area (Å²) in [5, 5.41) is 19.8. The summed E-state index contributed by atoms with van der Waals surface area (Å²) in [4.78, 5) is 25.1. The smallest absolute Gasteiger partial charge is 0.337 e. The summed E-state index contributed by atoms with van der Waals surface area (Å²) in [6.07, 6.45) is 2.59. The molecule has 0 amide bonds. The van der Waals surface area contributed by atoms with E-state index in [1.807, 2.05) is 0 Å². The Morgan fingerprint density at radius 1 is 1.24 bits per heavy atom. The fourth-order valence-corrected chi connectivity index (χ4v) is 1.80. The molecule has 7 nitrogen and oxygen atoms in total. The summed E-state index contributed by atoms with van der Waals surface area (Å²) in [6, 6.07) is 4.30. The van der Waals surface area contributed by atoms with Crippen LogP contribution in [0, 0.1) is 24.0 Å². The minimum absolute atomic E-state index is 0.00351. The topological polar surface area (TPSA) is 103 Å². The number of carboxylic acid groups (broad SMARTS) is 1. The zero-order valence-electron chi connectivity index (χ0n) is 11.4. The summed E-state index contributed by atoms with van der Waals surface area (Å²) in [6.45, 7) is 3.28. The zero-order chi connectivity index (χ0) is 15.6. The van der Waals surface area contributed by atoms with Crippen LogP contribution in [0.4, 0.5) is 5.69 Å². The summed E-state index contributed by atoms with van der Waals surface area (Å²) in [5.74, 6) is -0.432. The number of carboxylic acids is 1. The molecule has 1 heterocycles. The van der Waals surface area contributed by atoms with Crippen molar-refractivity contribution in [3.05, 3.63) is 57.4 Å². The lowest BCUT2D eigenvalue weighted by atomic mass is 10.1. The highest BCUT2D eigenvalue weighted by molar-refractivity contribution is 5.87. The van der Waals surface area contributed by atoms with Crippen molar-refractivity contribution in [2.45, 2.75) is 13.8 Å². The molecule has 0 aliphatic heterocycles. The van der Waals surface area contributed by atoms with Crippen LogP contribution >= 0.6 is 0 Å². The molecule has 0 bridgehead atoms. The second kappa shape index (κ2) is 5.58. The molecular formula is C14H12N2O5. The first kappa shape index (κ1) is 14.4. The standard InChI is InChI=1S/C14H12N2O5/c1-8-4-13(9(2)3-12(8)16(19)20)21-11-5-10(14(17)18)6-15-7-11/h3-7H,1-2H3,(H,17,18). The predicted octanol–water partition coefficient (Wildman–Crippen LogP) is 3.10. The number of nitrogens with zero attached hydrogens (tertiary/aromatic N) is 2. The van der Waals surface area contributed by atoms with Gasteiger partial charge in [0, 0.05) is 17.8 Å². The highest BCUT2D eigenvalue weighted by Crippen LogP contribution is 2.31. The first-order valence-electron chi connectivity index (χ1n) is 6.00. The van der Waals surface area contributed by atoms with Crippen LogP contribution in [0.15, 0.2) is 30.6 Å². The van der Waals surface area contributed by atoms with Crippen LogP contribution in [0.5, 0.6) is 11.5 Å². The summed E-state index contributed by atoms with van der Waals surface area (Å²) in [5.41, 5.74) is 1.05. The van der Waals surface area contributed by atoms with Gasteiger partial charge in [-0.15, -0.1) is 0 Å². The van der Waals surface area contributed by atoms with Crippen molar-refractivity contribution in [1.82, 2.24) is 4.98 Å². The van der Waals surface area contributed by atoms with Crippen LogP contribution in [0.1, 0.15) is 21.5 Å². The minimum atomic E-state index is -1.11. The number of aromatic nitrogens is 1. The van der Waals surface area contributed by atoms with E-state index in [9.17, 15) is 14.9 Å². The van der Waals surface area contributed by atoms with Gasteiger partial charge in [0.25, 0.3) is 5.69 Å². The van der Waals surface area contributed by atoms with Crippen molar-refractivity contribution in [2.24, 2.45) is 0 Å². The summed E-state index contributed by atoms with van der Waals surface area (Å²) < 4.78 is 5.57. The number of aryl methyl sites for hydroxylation is 2. The maximum atomic E-state index is 10.9. The molecule has 2 aromatic rings. The Morgan fingerprint density at radius 3 is 2.57 bits per heavy atom. The highest BCUT2D eigenvalue weighted by Gasteiger charge is 2.15. The lowest BCUT2D eigenvalue weighted by Crippen LogP contribution is -1.99. The van der Waals surface area contributed by atoms with Gasteiger partial charge < -0.3 is 9.84 Å². The van der Waals surface area contributed by atoms with E-state index in [1.165, 1.54) is 24.5 Å². The van der Waals surface area contributed by atoms with Crippen LogP contribution in [-0.4, -0.2) is 21.0 Å². The molecule has 2 rings (SSSR count). The van der Waals surface area contributed by atoms with Crippen molar-refractivity contribution < 1.29 is 19.6 Å². The quantitative estimate of drug-likeness (QED) is 0.685. The van der Waals surface area contributed by atoms with Crippen molar-refractivity contribution in [2.75, 3.05) is 0 Å². The molecule has 108 valence electrons. The van der Waals surface area contributed by atoms with Gasteiger partial charge in [0.2, 0.25) is 0 Å². The van der Waals surface area contributed by atoms with Crippen LogP contribution < -0.4 is 4.74 Å². The Balaban J connectivity index is 2.36. The molecular weight excluding hydrogens is 276 g/mol. The molecule has 0 aliphatic rings. The third-order valence-corrected chi connectivity index (χ3v) is 2.88. The molecule has 0 fully saturated rings. The fourth-order valence-electron chi connectivity index (χ4n) is 1.80. The number of rotatable bonds is 4. The van der Waals surface area contributed by atoms with E-state index in [4.69, 9.17) is 9.84 Å². The molecule has 21 heavy (non-hydrogen) atoms. The maximum Gasteiger partial charge on any atom is 0.337 e. The molecule has 0 radical (unpaired) electrons. The number of hydrogen-bond acceptors (Lipinski definition) is 5. The second-order valence-electron chi connectivity index (χ2n) is 4.48. The average Bonchev–Trinajstić information content (AvgIpc) is 2.42. The number of carbonyl (C=O) groups is 1. The Labute approximate surface area is 120 Å². The Kier molecular flexibility index (Phi) is 3.84. The van der Waals surface area contributed by atoms with Crippen LogP contribution in [0.25, 0.3) is 0 Å². The third kappa shape index (κ3) is 3.14. The summed E-state index contributed by atoms with van der Waals surface area (Å²) in [7, 11) is 0. The van der Waals surface area contributed by atoms with Gasteiger partial charge in [-0.25, -0.2) is 4.79 Å². The van der Waals surface area contributed by atoms with Crippen molar-refractivity contribution in [1.29, 1.82) is 0 Å². The van der Waals surface area contributed by atoms with Crippen molar-refractivity contribution >= 4 is 11.7 Å². The maximum absolute atomic E-state index is 10.9. The third-order valence-electron chi connectivity index (χ3n) is 2.88. The number of nitro groups is 1.